The summed E-state index contributed by atoms with van der Waals surface area (Å²) >= 11 is 0. The van der Waals surface area contributed by atoms with Crippen LogP contribution in [0.4, 0.5) is 0 Å². The highest BCUT2D eigenvalue weighted by Crippen LogP contribution is 2.26. The molecule has 0 radical (unpaired) electrons. The van der Waals surface area contributed by atoms with Gasteiger partial charge in [-0.15, -0.1) is 6.58 Å². The lowest BCUT2D eigenvalue weighted by atomic mass is 9.87. The van der Waals surface area contributed by atoms with Gasteiger partial charge < -0.3 is 0 Å². The van der Waals surface area contributed by atoms with E-state index in [1.54, 1.807) is 0 Å². The molecule has 0 N–H and O–H groups in total. The standard InChI is InChI=1S/C10H12/c1-4-10-7-5-6-8(2)9(10)3/h4-6,10H,1-3,7H2. The van der Waals surface area contributed by atoms with Gasteiger partial charge in [-0.25, -0.2) is 0 Å². The van der Waals surface area contributed by atoms with Crippen LogP contribution >= 0.6 is 0 Å². The van der Waals surface area contributed by atoms with Gasteiger partial charge in [0.15, 0.2) is 0 Å². The first kappa shape index (κ1) is 7.07. The molecule has 0 amide bonds. The van der Waals surface area contributed by atoms with Crippen LogP contribution in [0.1, 0.15) is 6.42 Å². The van der Waals surface area contributed by atoms with Crippen LogP contribution in [0.2, 0.25) is 0 Å². The molecule has 0 fully saturated rings. The lowest BCUT2D eigenvalue weighted by Crippen LogP contribution is -2.03. The topological polar surface area (TPSA) is 0 Å². The lowest BCUT2D eigenvalue weighted by Gasteiger charge is -2.18. The monoisotopic (exact) mass is 132 g/mol. The molecule has 0 aromatic carbocycles. The van der Waals surface area contributed by atoms with Crippen molar-refractivity contribution in [3.63, 3.8) is 0 Å². The molecular formula is C10H12. The summed E-state index contributed by atoms with van der Waals surface area (Å²) in [7, 11) is 0. The van der Waals surface area contributed by atoms with Crippen LogP contribution in [0, 0.1) is 5.92 Å². The summed E-state index contributed by atoms with van der Waals surface area (Å²) in [4.78, 5) is 0. The molecule has 0 saturated heterocycles. The Morgan fingerprint density at radius 2 is 2.20 bits per heavy atom. The van der Waals surface area contributed by atoms with Crippen molar-refractivity contribution in [2.75, 3.05) is 0 Å². The molecule has 52 valence electrons. The second-order valence-corrected chi connectivity index (χ2v) is 2.53. The first-order valence-corrected chi connectivity index (χ1v) is 3.43. The van der Waals surface area contributed by atoms with E-state index >= 15 is 0 Å². The maximum absolute atomic E-state index is 3.93. The Balaban J connectivity index is 2.84. The second-order valence-electron chi connectivity index (χ2n) is 2.53. The average molecular weight is 132 g/mol. The van der Waals surface area contributed by atoms with Crippen molar-refractivity contribution < 1.29 is 0 Å². The first-order chi connectivity index (χ1) is 4.75. The van der Waals surface area contributed by atoms with Crippen molar-refractivity contribution >= 4 is 0 Å². The Hall–Kier alpha value is -1.04. The maximum atomic E-state index is 3.93. The highest BCUT2D eigenvalue weighted by molar-refractivity contribution is 5.41. The molecule has 0 bridgehead atoms. The van der Waals surface area contributed by atoms with Gasteiger partial charge in [0, 0.05) is 5.92 Å². The molecule has 0 aliphatic heterocycles. The molecule has 1 aliphatic rings. The summed E-state index contributed by atoms with van der Waals surface area (Å²) in [6, 6.07) is 0. The first-order valence-electron chi connectivity index (χ1n) is 3.43. The van der Waals surface area contributed by atoms with E-state index in [1.807, 2.05) is 12.2 Å². The van der Waals surface area contributed by atoms with E-state index in [0.29, 0.717) is 5.92 Å². The molecule has 0 heteroatoms. The molecule has 0 heterocycles. The van der Waals surface area contributed by atoms with Crippen LogP contribution in [0.3, 0.4) is 0 Å². The molecule has 1 atom stereocenters. The molecule has 0 aromatic heterocycles. The lowest BCUT2D eigenvalue weighted by molar-refractivity contribution is 0.778. The highest BCUT2D eigenvalue weighted by Gasteiger charge is 2.11. The van der Waals surface area contributed by atoms with E-state index in [2.05, 4.69) is 25.8 Å². The van der Waals surface area contributed by atoms with Crippen molar-refractivity contribution in [3.05, 3.63) is 49.1 Å². The average Bonchev–Trinajstić information content (AvgIpc) is 1.95. The number of rotatable bonds is 1. The third kappa shape index (κ3) is 1.10. The van der Waals surface area contributed by atoms with Crippen molar-refractivity contribution in [1.82, 2.24) is 0 Å². The van der Waals surface area contributed by atoms with E-state index in [1.165, 1.54) is 0 Å². The fourth-order valence-electron chi connectivity index (χ4n) is 1.08. The molecule has 10 heavy (non-hydrogen) atoms. The largest absolute Gasteiger partial charge is 0.102 e. The predicted molar refractivity (Wildman–Crippen MR) is 45.7 cm³/mol. The Labute approximate surface area is 62.3 Å². The summed E-state index contributed by atoms with van der Waals surface area (Å²) in [6.07, 6.45) is 7.09. The zero-order valence-corrected chi connectivity index (χ0v) is 6.14. The van der Waals surface area contributed by atoms with Gasteiger partial charge in [-0.3, -0.25) is 0 Å². The van der Waals surface area contributed by atoms with Gasteiger partial charge in [0.1, 0.15) is 0 Å². The van der Waals surface area contributed by atoms with Crippen molar-refractivity contribution in [2.24, 2.45) is 5.92 Å². The molecule has 0 saturated carbocycles. The summed E-state index contributed by atoms with van der Waals surface area (Å²) in [5.74, 6) is 0.414. The third-order valence-corrected chi connectivity index (χ3v) is 1.85. The van der Waals surface area contributed by atoms with Crippen molar-refractivity contribution in [2.45, 2.75) is 6.42 Å². The summed E-state index contributed by atoms with van der Waals surface area (Å²) in [5.41, 5.74) is 2.15. The van der Waals surface area contributed by atoms with Gasteiger partial charge in [-0.2, -0.15) is 0 Å². The quantitative estimate of drug-likeness (QED) is 0.481. The van der Waals surface area contributed by atoms with Crippen LogP contribution in [-0.2, 0) is 0 Å². The Bertz CT molecular complexity index is 206. The second kappa shape index (κ2) is 2.70. The van der Waals surface area contributed by atoms with Crippen LogP contribution in [0.15, 0.2) is 49.1 Å². The Morgan fingerprint density at radius 1 is 1.50 bits per heavy atom. The SMILES string of the molecule is C=CC1CC=CC(=C)C1=C. The molecule has 1 rings (SSSR count). The molecule has 0 spiro atoms. The van der Waals surface area contributed by atoms with Gasteiger partial charge in [-0.1, -0.05) is 31.4 Å². The Morgan fingerprint density at radius 3 is 2.70 bits per heavy atom. The van der Waals surface area contributed by atoms with E-state index in [4.69, 9.17) is 0 Å². The minimum absolute atomic E-state index is 0.414. The van der Waals surface area contributed by atoms with Crippen molar-refractivity contribution in [3.8, 4) is 0 Å². The highest BCUT2D eigenvalue weighted by atomic mass is 14.2. The molecule has 1 unspecified atom stereocenters. The Kier molecular flexibility index (Phi) is 1.91. The van der Waals surface area contributed by atoms with Gasteiger partial charge >= 0.3 is 0 Å². The van der Waals surface area contributed by atoms with Gasteiger partial charge in [0.05, 0.1) is 0 Å². The van der Waals surface area contributed by atoms with E-state index in [9.17, 15) is 0 Å². The molecule has 0 nitrogen and oxygen atoms in total. The fourth-order valence-corrected chi connectivity index (χ4v) is 1.08. The van der Waals surface area contributed by atoms with Crippen LogP contribution in [0.5, 0.6) is 0 Å². The minimum Gasteiger partial charge on any atom is -0.102 e. The molecule has 0 aromatic rings. The summed E-state index contributed by atoms with van der Waals surface area (Å²) in [5, 5.41) is 0. The number of hydrogen-bond donors (Lipinski definition) is 0. The predicted octanol–water partition coefficient (Wildman–Crippen LogP) is 2.86. The molecular weight excluding hydrogens is 120 g/mol. The van der Waals surface area contributed by atoms with Gasteiger partial charge in [-0.05, 0) is 17.6 Å². The summed E-state index contributed by atoms with van der Waals surface area (Å²) in [6.45, 7) is 11.5. The van der Waals surface area contributed by atoms with E-state index in [0.717, 1.165) is 17.6 Å². The summed E-state index contributed by atoms with van der Waals surface area (Å²) < 4.78 is 0. The number of allylic oxidation sites excluding steroid dienone is 5. The van der Waals surface area contributed by atoms with E-state index < -0.39 is 0 Å². The van der Waals surface area contributed by atoms with Crippen molar-refractivity contribution in [1.29, 1.82) is 0 Å². The zero-order valence-electron chi connectivity index (χ0n) is 6.14. The normalized spacial score (nSPS) is 25.0. The van der Waals surface area contributed by atoms with E-state index in [-0.39, 0.29) is 0 Å². The smallest absolute Gasteiger partial charge is 0.00497 e. The number of hydrogen-bond acceptors (Lipinski definition) is 0. The minimum atomic E-state index is 0.414. The van der Waals surface area contributed by atoms with Crippen LogP contribution in [-0.4, -0.2) is 0 Å². The van der Waals surface area contributed by atoms with Gasteiger partial charge in [0.2, 0.25) is 0 Å². The molecule has 1 aliphatic carbocycles. The fraction of sp³-hybridized carbons (Fsp3) is 0.200. The van der Waals surface area contributed by atoms with Gasteiger partial charge in [0.25, 0.3) is 0 Å². The maximum Gasteiger partial charge on any atom is 0.00497 e. The van der Waals surface area contributed by atoms with Crippen LogP contribution in [0.25, 0.3) is 0 Å². The zero-order chi connectivity index (χ0) is 7.56. The van der Waals surface area contributed by atoms with Crippen LogP contribution < -0.4 is 0 Å². The third-order valence-electron chi connectivity index (χ3n) is 1.85.